The number of carboxylic acids is 2. The predicted octanol–water partition coefficient (Wildman–Crippen LogP) is 3.80. The maximum atomic E-state index is 12.3. The molecular weight excluding hydrogens is 414 g/mol. The van der Waals surface area contributed by atoms with Crippen molar-refractivity contribution in [3.8, 4) is 5.69 Å². The fourth-order valence-electron chi connectivity index (χ4n) is 3.81. The van der Waals surface area contributed by atoms with Gasteiger partial charge in [-0.25, -0.2) is 0 Å². The number of carboxylic acid groups (broad SMARTS) is 2. The number of aliphatic carboxylic acids is 2. The first-order valence-electron chi connectivity index (χ1n) is 10.2. The SMILES string of the molecule is CC(C)CC(NCC(C(=O)O)c1c2ccccc2cn1-c1cccc([N+](=O)[O-])c1)C(=O)O. The number of non-ortho nitro benzene ring substituents is 1. The largest absolute Gasteiger partial charge is 0.481 e. The van der Waals surface area contributed by atoms with E-state index in [1.54, 1.807) is 35.0 Å². The highest BCUT2D eigenvalue weighted by molar-refractivity contribution is 5.91. The van der Waals surface area contributed by atoms with E-state index in [-0.39, 0.29) is 18.2 Å². The lowest BCUT2D eigenvalue weighted by molar-refractivity contribution is -0.384. The van der Waals surface area contributed by atoms with E-state index in [0.29, 0.717) is 23.2 Å². The second kappa shape index (κ2) is 9.61. The number of nitrogens with zero attached hydrogens (tertiary/aromatic N) is 2. The van der Waals surface area contributed by atoms with Gasteiger partial charge in [-0.05, 0) is 18.4 Å². The fraction of sp³-hybridized carbons (Fsp3) is 0.304. The molecule has 2 unspecified atom stereocenters. The van der Waals surface area contributed by atoms with Crippen molar-refractivity contribution in [1.82, 2.24) is 9.88 Å². The zero-order valence-electron chi connectivity index (χ0n) is 17.8. The summed E-state index contributed by atoms with van der Waals surface area (Å²) in [7, 11) is 0. The van der Waals surface area contributed by atoms with Crippen LogP contribution in [0.25, 0.3) is 16.5 Å². The lowest BCUT2D eigenvalue weighted by Gasteiger charge is -2.21. The van der Waals surface area contributed by atoms with Crippen LogP contribution in [0.1, 0.15) is 31.9 Å². The third-order valence-electron chi connectivity index (χ3n) is 5.28. The molecule has 32 heavy (non-hydrogen) atoms. The zero-order chi connectivity index (χ0) is 23.4. The summed E-state index contributed by atoms with van der Waals surface area (Å²) in [6, 6.07) is 12.3. The Balaban J connectivity index is 2.09. The normalized spacial score (nSPS) is 13.2. The zero-order valence-corrected chi connectivity index (χ0v) is 17.8. The number of hydrogen-bond acceptors (Lipinski definition) is 5. The smallest absolute Gasteiger partial charge is 0.320 e. The molecule has 1 aromatic heterocycles. The summed E-state index contributed by atoms with van der Waals surface area (Å²) in [4.78, 5) is 34.7. The van der Waals surface area contributed by atoms with Crippen LogP contribution in [0, 0.1) is 16.0 Å². The van der Waals surface area contributed by atoms with Gasteiger partial charge in [0.2, 0.25) is 0 Å². The van der Waals surface area contributed by atoms with Crippen LogP contribution in [0.3, 0.4) is 0 Å². The monoisotopic (exact) mass is 439 g/mol. The number of benzene rings is 2. The molecule has 0 aliphatic heterocycles. The van der Waals surface area contributed by atoms with Crippen molar-refractivity contribution >= 4 is 28.4 Å². The molecule has 3 aromatic rings. The summed E-state index contributed by atoms with van der Waals surface area (Å²) >= 11 is 0. The van der Waals surface area contributed by atoms with Crippen molar-refractivity contribution in [3.63, 3.8) is 0 Å². The Labute approximate surface area is 184 Å². The van der Waals surface area contributed by atoms with Gasteiger partial charge in [0.15, 0.2) is 0 Å². The fourth-order valence-corrected chi connectivity index (χ4v) is 3.81. The quantitative estimate of drug-likeness (QED) is 0.323. The number of aromatic nitrogens is 1. The minimum Gasteiger partial charge on any atom is -0.481 e. The maximum Gasteiger partial charge on any atom is 0.320 e. The van der Waals surface area contributed by atoms with Crippen molar-refractivity contribution in [2.75, 3.05) is 6.54 Å². The molecule has 0 spiro atoms. The van der Waals surface area contributed by atoms with E-state index in [1.165, 1.54) is 12.1 Å². The number of fused-ring (bicyclic) bond motifs is 1. The van der Waals surface area contributed by atoms with E-state index in [0.717, 1.165) is 5.39 Å². The molecule has 0 aliphatic carbocycles. The van der Waals surface area contributed by atoms with Gasteiger partial charge in [-0.2, -0.15) is 0 Å². The number of nitrogens with one attached hydrogen (secondary N) is 1. The van der Waals surface area contributed by atoms with Crippen molar-refractivity contribution in [1.29, 1.82) is 0 Å². The number of hydrogen-bond donors (Lipinski definition) is 3. The second-order valence-electron chi connectivity index (χ2n) is 8.07. The van der Waals surface area contributed by atoms with Gasteiger partial charge in [0.05, 0.1) is 10.6 Å². The number of nitro groups is 1. The summed E-state index contributed by atoms with van der Waals surface area (Å²) in [6.07, 6.45) is 2.09. The summed E-state index contributed by atoms with van der Waals surface area (Å²) in [5.41, 5.74) is 0.766. The highest BCUT2D eigenvalue weighted by atomic mass is 16.6. The maximum absolute atomic E-state index is 12.3. The van der Waals surface area contributed by atoms with E-state index >= 15 is 0 Å². The van der Waals surface area contributed by atoms with E-state index < -0.39 is 28.8 Å². The molecular formula is C23H25N3O6. The van der Waals surface area contributed by atoms with Gasteiger partial charge in [-0.1, -0.05) is 44.2 Å². The van der Waals surface area contributed by atoms with Gasteiger partial charge in [-0.15, -0.1) is 0 Å². The molecule has 0 fully saturated rings. The van der Waals surface area contributed by atoms with Crippen LogP contribution in [0.5, 0.6) is 0 Å². The van der Waals surface area contributed by atoms with Crippen LogP contribution in [0.2, 0.25) is 0 Å². The molecule has 2 aromatic carbocycles. The third kappa shape index (κ3) is 4.94. The van der Waals surface area contributed by atoms with Gasteiger partial charge in [-0.3, -0.25) is 19.7 Å². The summed E-state index contributed by atoms with van der Waals surface area (Å²) in [6.45, 7) is 3.68. The molecule has 3 rings (SSSR count). The third-order valence-corrected chi connectivity index (χ3v) is 5.28. The minimum absolute atomic E-state index is 0.109. The first-order chi connectivity index (χ1) is 15.2. The highest BCUT2D eigenvalue weighted by Crippen LogP contribution is 2.32. The molecule has 3 N–H and O–H groups in total. The van der Waals surface area contributed by atoms with E-state index in [4.69, 9.17) is 0 Å². The first-order valence-corrected chi connectivity index (χ1v) is 10.2. The molecule has 0 aliphatic rings. The Hall–Kier alpha value is -3.72. The van der Waals surface area contributed by atoms with E-state index in [1.807, 2.05) is 26.0 Å². The average molecular weight is 439 g/mol. The van der Waals surface area contributed by atoms with Crippen LogP contribution in [-0.2, 0) is 9.59 Å². The molecule has 1 heterocycles. The first kappa shape index (κ1) is 23.0. The van der Waals surface area contributed by atoms with Crippen LogP contribution < -0.4 is 5.32 Å². The lowest BCUT2D eigenvalue weighted by atomic mass is 9.99. The van der Waals surface area contributed by atoms with Crippen molar-refractivity contribution in [2.24, 2.45) is 5.92 Å². The van der Waals surface area contributed by atoms with E-state index in [2.05, 4.69) is 5.32 Å². The second-order valence-corrected chi connectivity index (χ2v) is 8.07. The molecule has 0 saturated carbocycles. The van der Waals surface area contributed by atoms with Crippen molar-refractivity contribution in [3.05, 3.63) is 70.5 Å². The van der Waals surface area contributed by atoms with Gasteiger partial charge >= 0.3 is 11.9 Å². The topological polar surface area (TPSA) is 135 Å². The molecule has 9 heteroatoms. The van der Waals surface area contributed by atoms with Gasteiger partial charge < -0.3 is 20.1 Å². The molecule has 0 bridgehead atoms. The Morgan fingerprint density at radius 3 is 2.44 bits per heavy atom. The van der Waals surface area contributed by atoms with Crippen LogP contribution in [-0.4, -0.2) is 44.2 Å². The number of carbonyl (C=O) groups is 2. The van der Waals surface area contributed by atoms with Gasteiger partial charge in [0.25, 0.3) is 5.69 Å². The lowest BCUT2D eigenvalue weighted by Crippen LogP contribution is -2.41. The van der Waals surface area contributed by atoms with Crippen LogP contribution in [0.15, 0.2) is 54.7 Å². The molecule has 168 valence electrons. The Bertz CT molecular complexity index is 1150. The van der Waals surface area contributed by atoms with Gasteiger partial charge in [0.1, 0.15) is 12.0 Å². The minimum atomic E-state index is -1.12. The standard InChI is InChI=1S/C23H25N3O6/c1-14(2)10-20(23(29)30)24-12-19(22(27)28)21-18-9-4-3-6-15(18)13-25(21)16-7-5-8-17(11-16)26(31)32/h3-9,11,13-14,19-20,24H,10,12H2,1-2H3,(H,27,28)(H,29,30). The summed E-state index contributed by atoms with van der Waals surface area (Å²) < 4.78 is 1.64. The van der Waals surface area contributed by atoms with Crippen LogP contribution in [0.4, 0.5) is 5.69 Å². The van der Waals surface area contributed by atoms with Gasteiger partial charge in [0, 0.05) is 41.3 Å². The Kier molecular flexibility index (Phi) is 6.89. The number of rotatable bonds is 10. The molecule has 9 nitrogen and oxygen atoms in total. The molecule has 0 radical (unpaired) electrons. The highest BCUT2D eigenvalue weighted by Gasteiger charge is 2.29. The number of nitro benzene ring substituents is 1. The predicted molar refractivity (Wildman–Crippen MR) is 119 cm³/mol. The molecule has 0 saturated heterocycles. The molecule has 0 amide bonds. The molecule has 2 atom stereocenters. The van der Waals surface area contributed by atoms with Crippen molar-refractivity contribution in [2.45, 2.75) is 32.2 Å². The Morgan fingerprint density at radius 2 is 1.81 bits per heavy atom. The summed E-state index contributed by atoms with van der Waals surface area (Å²) in [5, 5.41) is 35.2. The van der Waals surface area contributed by atoms with E-state index in [9.17, 15) is 29.9 Å². The summed E-state index contributed by atoms with van der Waals surface area (Å²) in [5.74, 6) is -3.13. The average Bonchev–Trinajstić information content (AvgIpc) is 3.12. The van der Waals surface area contributed by atoms with Crippen LogP contribution >= 0.6 is 0 Å². The Morgan fingerprint density at radius 1 is 1.09 bits per heavy atom. The van der Waals surface area contributed by atoms with Crippen molar-refractivity contribution < 1.29 is 24.7 Å².